The Balaban J connectivity index is 1.21. The molecule has 4 aromatic rings. The minimum atomic E-state index is -4.37. The van der Waals surface area contributed by atoms with Gasteiger partial charge in [0.25, 0.3) is 5.91 Å². The number of carbonyl (C=O) groups excluding carboxylic acids is 1. The van der Waals surface area contributed by atoms with E-state index in [9.17, 15) is 18.0 Å². The molecule has 0 bridgehead atoms. The summed E-state index contributed by atoms with van der Waals surface area (Å²) in [6.45, 7) is 1.90. The van der Waals surface area contributed by atoms with Gasteiger partial charge in [0.2, 0.25) is 11.7 Å². The van der Waals surface area contributed by atoms with Crippen LogP contribution in [-0.2, 0) is 11.3 Å². The van der Waals surface area contributed by atoms with Gasteiger partial charge in [-0.05, 0) is 67.8 Å². The molecule has 1 aliphatic heterocycles. The lowest BCUT2D eigenvalue weighted by molar-refractivity contribution is -0.174. The Morgan fingerprint density at radius 1 is 1.00 bits per heavy atom. The molecule has 1 atom stereocenters. The zero-order valence-corrected chi connectivity index (χ0v) is 30.1. The van der Waals surface area contributed by atoms with Crippen LogP contribution in [0.4, 0.5) is 19.1 Å². The van der Waals surface area contributed by atoms with Crippen molar-refractivity contribution in [2.45, 2.75) is 43.9 Å². The fourth-order valence-corrected chi connectivity index (χ4v) is 6.74. The number of alkyl halides is 3. The number of aromatic nitrogens is 2. The van der Waals surface area contributed by atoms with Crippen LogP contribution in [0.5, 0.6) is 17.2 Å². The smallest absolute Gasteiger partial charge is 0.411 e. The quantitative estimate of drug-likeness (QED) is 0.122. The van der Waals surface area contributed by atoms with E-state index < -0.39 is 12.8 Å². The number of ether oxygens (including phenoxy) is 4. The van der Waals surface area contributed by atoms with Crippen molar-refractivity contribution in [3.8, 4) is 17.2 Å². The average Bonchev–Trinajstić information content (AvgIpc) is 3.47. The number of anilines is 1. The Bertz CT molecular complexity index is 1740. The first-order valence-corrected chi connectivity index (χ1v) is 17.3. The number of nitrogens with one attached hydrogen (secondary N) is 1. The van der Waals surface area contributed by atoms with E-state index >= 15 is 0 Å². The van der Waals surface area contributed by atoms with Crippen molar-refractivity contribution < 1.29 is 36.9 Å². The summed E-state index contributed by atoms with van der Waals surface area (Å²) in [6, 6.07) is 18.8. The number of rotatable bonds is 16. The Morgan fingerprint density at radius 3 is 2.35 bits per heavy atom. The Labute approximate surface area is 301 Å². The molecule has 0 saturated carbocycles. The molecule has 1 unspecified atom stereocenters. The fourth-order valence-electron chi connectivity index (χ4n) is 6.54. The summed E-state index contributed by atoms with van der Waals surface area (Å²) in [5, 5.41) is 4.19. The van der Waals surface area contributed by atoms with Crippen molar-refractivity contribution in [2.75, 3.05) is 73.1 Å². The SMILES string of the molecule is COc1cc(C(=O)N(C)CC(CCN2CCC(Nc3nc4ccccc4n3CCOCC(F)(F)F)CC2)c2cccc(Cl)c2)cc(OC)c1OC. The van der Waals surface area contributed by atoms with Gasteiger partial charge in [0.1, 0.15) is 6.61 Å². The second-order valence-corrected chi connectivity index (χ2v) is 13.1. The first kappa shape index (κ1) is 38.0. The van der Waals surface area contributed by atoms with Crippen molar-refractivity contribution in [2.24, 2.45) is 0 Å². The predicted molar refractivity (Wildman–Crippen MR) is 192 cm³/mol. The van der Waals surface area contributed by atoms with Gasteiger partial charge in [-0.25, -0.2) is 4.98 Å². The maximum absolute atomic E-state index is 13.7. The number of nitrogens with zero attached hydrogens (tertiary/aromatic N) is 4. The van der Waals surface area contributed by atoms with E-state index in [1.165, 1.54) is 21.3 Å². The van der Waals surface area contributed by atoms with Crippen LogP contribution in [0.2, 0.25) is 5.02 Å². The number of hydrogen-bond acceptors (Lipinski definition) is 8. The van der Waals surface area contributed by atoms with Gasteiger partial charge in [-0.2, -0.15) is 13.2 Å². The van der Waals surface area contributed by atoms with E-state index in [0.717, 1.165) is 55.5 Å². The van der Waals surface area contributed by atoms with Crippen LogP contribution in [0.25, 0.3) is 11.0 Å². The summed E-state index contributed by atoms with van der Waals surface area (Å²) in [5.41, 5.74) is 3.10. The van der Waals surface area contributed by atoms with E-state index in [1.807, 2.05) is 53.1 Å². The summed E-state index contributed by atoms with van der Waals surface area (Å²) in [7, 11) is 6.34. The van der Waals surface area contributed by atoms with Crippen LogP contribution in [0.1, 0.15) is 41.1 Å². The molecule has 2 heterocycles. The molecule has 1 fully saturated rings. The third-order valence-electron chi connectivity index (χ3n) is 9.17. The largest absolute Gasteiger partial charge is 0.493 e. The molecule has 0 aliphatic carbocycles. The number of piperidine rings is 1. The zero-order chi connectivity index (χ0) is 36.5. The molecule has 10 nitrogen and oxygen atoms in total. The normalized spacial score (nSPS) is 14.7. The van der Waals surface area contributed by atoms with E-state index in [4.69, 9.17) is 35.5 Å². The van der Waals surface area contributed by atoms with Crippen molar-refractivity contribution >= 4 is 34.5 Å². The molecule has 0 spiro atoms. The van der Waals surface area contributed by atoms with Gasteiger partial charge >= 0.3 is 6.18 Å². The van der Waals surface area contributed by atoms with Crippen molar-refractivity contribution in [3.63, 3.8) is 0 Å². The van der Waals surface area contributed by atoms with Gasteiger partial charge in [0, 0.05) is 55.8 Å². The van der Waals surface area contributed by atoms with Gasteiger partial charge in [-0.15, -0.1) is 0 Å². The topological polar surface area (TPSA) is 90.3 Å². The number of benzene rings is 3. The predicted octanol–water partition coefficient (Wildman–Crippen LogP) is 7.12. The number of carbonyl (C=O) groups is 1. The molecule has 276 valence electrons. The van der Waals surface area contributed by atoms with Gasteiger partial charge in [-0.3, -0.25) is 4.79 Å². The van der Waals surface area contributed by atoms with Gasteiger partial charge in [0.05, 0.1) is 39.0 Å². The maximum atomic E-state index is 13.7. The van der Waals surface area contributed by atoms with Crippen molar-refractivity contribution in [1.82, 2.24) is 19.4 Å². The van der Waals surface area contributed by atoms with E-state index in [-0.39, 0.29) is 31.0 Å². The van der Waals surface area contributed by atoms with Crippen LogP contribution in [0, 0.1) is 0 Å². The molecule has 1 N–H and O–H groups in total. The first-order valence-electron chi connectivity index (χ1n) is 16.9. The van der Waals surface area contributed by atoms with E-state index in [0.29, 0.717) is 40.3 Å². The minimum Gasteiger partial charge on any atom is -0.493 e. The molecule has 5 rings (SSSR count). The summed E-state index contributed by atoms with van der Waals surface area (Å²) in [5.74, 6) is 1.71. The molecule has 1 aromatic heterocycles. The second-order valence-electron chi connectivity index (χ2n) is 12.6. The molecular formula is C37H45ClF3N5O5. The third-order valence-corrected chi connectivity index (χ3v) is 9.40. The lowest BCUT2D eigenvalue weighted by atomic mass is 9.94. The molecule has 0 radical (unpaired) electrons. The molecule has 3 aromatic carbocycles. The van der Waals surface area contributed by atoms with Crippen LogP contribution in [-0.4, -0.2) is 105 Å². The summed E-state index contributed by atoms with van der Waals surface area (Å²) >= 11 is 6.40. The van der Waals surface area contributed by atoms with Crippen LogP contribution >= 0.6 is 11.6 Å². The van der Waals surface area contributed by atoms with Crippen molar-refractivity contribution in [3.05, 3.63) is 76.8 Å². The minimum absolute atomic E-state index is 0.0232. The molecule has 1 amide bonds. The number of halogens is 4. The van der Waals surface area contributed by atoms with Crippen LogP contribution in [0.3, 0.4) is 0 Å². The number of hydrogen-bond donors (Lipinski definition) is 1. The second kappa shape index (κ2) is 17.3. The molecular weight excluding hydrogens is 687 g/mol. The molecule has 1 saturated heterocycles. The summed E-state index contributed by atoms with van der Waals surface area (Å²) in [6.07, 6.45) is -1.82. The van der Waals surface area contributed by atoms with Crippen LogP contribution in [0.15, 0.2) is 60.7 Å². The van der Waals surface area contributed by atoms with Crippen LogP contribution < -0.4 is 19.5 Å². The van der Waals surface area contributed by atoms with Gasteiger partial charge in [0.15, 0.2) is 11.5 Å². The zero-order valence-electron chi connectivity index (χ0n) is 29.3. The van der Waals surface area contributed by atoms with Crippen molar-refractivity contribution in [1.29, 1.82) is 0 Å². The fraction of sp³-hybridized carbons (Fsp3) is 0.459. The van der Waals surface area contributed by atoms with Gasteiger partial charge in [-0.1, -0.05) is 35.9 Å². The highest BCUT2D eigenvalue weighted by Gasteiger charge is 2.28. The Kier molecular flexibility index (Phi) is 12.9. The number of fused-ring (bicyclic) bond motifs is 1. The number of likely N-dealkylation sites (tertiary alicyclic amines) is 1. The third kappa shape index (κ3) is 9.99. The molecule has 51 heavy (non-hydrogen) atoms. The number of imidazole rings is 1. The molecule has 1 aliphatic rings. The van der Waals surface area contributed by atoms with E-state index in [2.05, 4.69) is 10.2 Å². The molecule has 14 heteroatoms. The Morgan fingerprint density at radius 2 is 1.71 bits per heavy atom. The summed E-state index contributed by atoms with van der Waals surface area (Å²) < 4.78 is 61.0. The number of methoxy groups -OCH3 is 3. The highest BCUT2D eigenvalue weighted by molar-refractivity contribution is 6.30. The first-order chi connectivity index (χ1) is 24.5. The highest BCUT2D eigenvalue weighted by atomic mass is 35.5. The number of likely N-dealkylation sites (N-methyl/N-ethyl adjacent to an activating group) is 1. The standard InChI is InChI=1S/C37H45ClF3N5O5/c1-44(35(47)27-21-32(48-2)34(50-4)33(22-27)49-3)23-26(25-8-7-9-28(38)20-25)12-15-45-16-13-29(14-17-45)42-36-43-30-10-5-6-11-31(30)46(36)18-19-51-24-37(39,40)41/h5-11,20-22,26,29H,12-19,23-24H2,1-4H3,(H,42,43). The number of amides is 1. The maximum Gasteiger partial charge on any atom is 0.411 e. The van der Waals surface area contributed by atoms with E-state index in [1.54, 1.807) is 24.1 Å². The summed E-state index contributed by atoms with van der Waals surface area (Å²) in [4.78, 5) is 22.5. The monoisotopic (exact) mass is 731 g/mol. The average molecular weight is 732 g/mol. The lowest BCUT2D eigenvalue weighted by Gasteiger charge is -2.34. The van der Waals surface area contributed by atoms with Gasteiger partial charge < -0.3 is 38.6 Å². The lowest BCUT2D eigenvalue weighted by Crippen LogP contribution is -2.40. The Hall–Kier alpha value is -4.20. The highest BCUT2D eigenvalue weighted by Crippen LogP contribution is 2.38. The number of para-hydroxylation sites is 2.